The highest BCUT2D eigenvalue weighted by atomic mass is 127. The van der Waals surface area contributed by atoms with Gasteiger partial charge in [0.1, 0.15) is 0 Å². The first-order valence-corrected chi connectivity index (χ1v) is 9.62. The highest BCUT2D eigenvalue weighted by Gasteiger charge is 2.35. The summed E-state index contributed by atoms with van der Waals surface area (Å²) in [7, 11) is 0. The molecular formula is C18H35IN4. The van der Waals surface area contributed by atoms with Crippen molar-refractivity contribution in [3.05, 3.63) is 0 Å². The number of hydrogen-bond donors (Lipinski definition) is 1. The molecule has 4 nitrogen and oxygen atoms in total. The molecule has 0 bridgehead atoms. The predicted molar refractivity (Wildman–Crippen MR) is 109 cm³/mol. The maximum atomic E-state index is 4.92. The lowest BCUT2D eigenvalue weighted by Crippen LogP contribution is -2.40. The van der Waals surface area contributed by atoms with Crippen molar-refractivity contribution in [2.75, 3.05) is 45.8 Å². The Kier molecular flexibility index (Phi) is 8.44. The molecule has 0 aromatic heterocycles. The van der Waals surface area contributed by atoms with E-state index in [9.17, 15) is 0 Å². The van der Waals surface area contributed by atoms with E-state index in [1.54, 1.807) is 0 Å². The van der Waals surface area contributed by atoms with Gasteiger partial charge in [-0.25, -0.2) is 0 Å². The van der Waals surface area contributed by atoms with E-state index in [0.29, 0.717) is 0 Å². The number of aliphatic imine (C=N–C) groups is 1. The number of hydrogen-bond acceptors (Lipinski definition) is 2. The monoisotopic (exact) mass is 434 g/mol. The van der Waals surface area contributed by atoms with Crippen molar-refractivity contribution in [3.63, 3.8) is 0 Å². The molecule has 2 heterocycles. The lowest BCUT2D eigenvalue weighted by molar-refractivity contribution is 0.299. The van der Waals surface area contributed by atoms with Crippen molar-refractivity contribution in [1.29, 1.82) is 0 Å². The van der Waals surface area contributed by atoms with E-state index < -0.39 is 0 Å². The molecule has 2 atom stereocenters. The van der Waals surface area contributed by atoms with Crippen LogP contribution in [-0.4, -0.2) is 61.6 Å². The molecule has 1 aliphatic carbocycles. The maximum Gasteiger partial charge on any atom is 0.193 e. The predicted octanol–water partition coefficient (Wildman–Crippen LogP) is 3.18. The maximum absolute atomic E-state index is 4.92. The van der Waals surface area contributed by atoms with Gasteiger partial charge in [-0.2, -0.15) is 0 Å². The summed E-state index contributed by atoms with van der Waals surface area (Å²) >= 11 is 0. The molecule has 2 saturated heterocycles. The van der Waals surface area contributed by atoms with Crippen molar-refractivity contribution in [2.45, 2.75) is 51.9 Å². The summed E-state index contributed by atoms with van der Waals surface area (Å²) < 4.78 is 0. The molecule has 0 amide bonds. The van der Waals surface area contributed by atoms with Crippen molar-refractivity contribution in [3.8, 4) is 0 Å². The summed E-state index contributed by atoms with van der Waals surface area (Å²) in [5.74, 6) is 3.04. The van der Waals surface area contributed by atoms with E-state index in [2.05, 4.69) is 22.0 Å². The Morgan fingerprint density at radius 2 is 1.70 bits per heavy atom. The zero-order valence-corrected chi connectivity index (χ0v) is 17.1. The zero-order valence-electron chi connectivity index (χ0n) is 14.8. The first-order valence-electron chi connectivity index (χ1n) is 9.62. The Bertz CT molecular complexity index is 354. The van der Waals surface area contributed by atoms with Gasteiger partial charge in [0.15, 0.2) is 5.96 Å². The zero-order chi connectivity index (χ0) is 15.2. The van der Waals surface area contributed by atoms with Crippen LogP contribution in [0.3, 0.4) is 0 Å². The van der Waals surface area contributed by atoms with Gasteiger partial charge in [0.25, 0.3) is 0 Å². The summed E-state index contributed by atoms with van der Waals surface area (Å²) in [4.78, 5) is 10.1. The third-order valence-corrected chi connectivity index (χ3v) is 5.70. The van der Waals surface area contributed by atoms with Gasteiger partial charge in [-0.05, 0) is 70.5 Å². The van der Waals surface area contributed by atoms with Gasteiger partial charge in [0.2, 0.25) is 0 Å². The van der Waals surface area contributed by atoms with Crippen LogP contribution in [0.25, 0.3) is 0 Å². The molecule has 1 saturated carbocycles. The molecule has 0 radical (unpaired) electrons. The molecular weight excluding hydrogens is 399 g/mol. The fraction of sp³-hybridized carbons (Fsp3) is 0.944. The second-order valence-corrected chi connectivity index (χ2v) is 7.35. The molecule has 0 spiro atoms. The van der Waals surface area contributed by atoms with E-state index in [4.69, 9.17) is 4.99 Å². The Morgan fingerprint density at radius 3 is 2.30 bits per heavy atom. The number of likely N-dealkylation sites (tertiary alicyclic amines) is 2. The summed E-state index contributed by atoms with van der Waals surface area (Å²) in [6.07, 6.45) is 9.75. The molecule has 3 fully saturated rings. The fourth-order valence-electron chi connectivity index (χ4n) is 4.49. The normalized spacial score (nSPS) is 28.6. The standard InChI is InChI=1S/C18H34N4.HI/c1-2-19-18(20-10-7-13-21-11-5-6-12-21)22-14-16-8-3-4-9-17(16)15-22;/h16-17H,2-15H2,1H3,(H,19,20);1H. The molecule has 23 heavy (non-hydrogen) atoms. The second kappa shape index (κ2) is 10.1. The highest BCUT2D eigenvalue weighted by Crippen LogP contribution is 2.35. The van der Waals surface area contributed by atoms with Crippen LogP contribution in [0.1, 0.15) is 51.9 Å². The second-order valence-electron chi connectivity index (χ2n) is 7.35. The number of fused-ring (bicyclic) bond motifs is 1. The molecule has 0 aromatic carbocycles. The molecule has 5 heteroatoms. The summed E-state index contributed by atoms with van der Waals surface area (Å²) in [6, 6.07) is 0. The van der Waals surface area contributed by atoms with Gasteiger partial charge in [0, 0.05) is 26.2 Å². The van der Waals surface area contributed by atoms with Crippen LogP contribution in [0.2, 0.25) is 0 Å². The first kappa shape index (κ1) is 19.3. The average Bonchev–Trinajstić information content (AvgIpc) is 3.19. The third kappa shape index (κ3) is 5.48. The SMILES string of the molecule is CCNC(=NCCCN1CCCC1)N1CC2CCCCC2C1.I. The Balaban J connectivity index is 0.00000192. The Hall–Kier alpha value is -0.0400. The molecule has 3 aliphatic rings. The van der Waals surface area contributed by atoms with E-state index in [1.165, 1.54) is 83.6 Å². The van der Waals surface area contributed by atoms with Crippen LogP contribution in [-0.2, 0) is 0 Å². The van der Waals surface area contributed by atoms with Crippen molar-refractivity contribution >= 4 is 29.9 Å². The molecule has 1 N–H and O–H groups in total. The van der Waals surface area contributed by atoms with Gasteiger partial charge in [-0.1, -0.05) is 12.8 Å². The molecule has 2 aliphatic heterocycles. The summed E-state index contributed by atoms with van der Waals surface area (Å²) in [6.45, 7) is 10.5. The minimum absolute atomic E-state index is 0. The largest absolute Gasteiger partial charge is 0.357 e. The van der Waals surface area contributed by atoms with Gasteiger partial charge in [0.05, 0.1) is 0 Å². The van der Waals surface area contributed by atoms with Gasteiger partial charge in [-0.15, -0.1) is 24.0 Å². The lowest BCUT2D eigenvalue weighted by atomic mass is 9.82. The number of nitrogens with zero attached hydrogens (tertiary/aromatic N) is 3. The van der Waals surface area contributed by atoms with Crippen LogP contribution < -0.4 is 5.32 Å². The molecule has 0 aromatic rings. The molecule has 3 rings (SSSR count). The van der Waals surface area contributed by atoms with E-state index in [-0.39, 0.29) is 24.0 Å². The van der Waals surface area contributed by atoms with Gasteiger partial charge >= 0.3 is 0 Å². The van der Waals surface area contributed by atoms with Crippen molar-refractivity contribution in [1.82, 2.24) is 15.1 Å². The van der Waals surface area contributed by atoms with E-state index in [1.807, 2.05) is 0 Å². The van der Waals surface area contributed by atoms with E-state index >= 15 is 0 Å². The van der Waals surface area contributed by atoms with Crippen LogP contribution in [0.5, 0.6) is 0 Å². The minimum atomic E-state index is 0. The lowest BCUT2D eigenvalue weighted by Gasteiger charge is -2.22. The number of rotatable bonds is 5. The summed E-state index contributed by atoms with van der Waals surface area (Å²) in [5, 5.41) is 3.53. The number of halogens is 1. The van der Waals surface area contributed by atoms with Crippen LogP contribution in [0.4, 0.5) is 0 Å². The highest BCUT2D eigenvalue weighted by molar-refractivity contribution is 14.0. The summed E-state index contributed by atoms with van der Waals surface area (Å²) in [5.41, 5.74) is 0. The van der Waals surface area contributed by atoms with Gasteiger partial charge < -0.3 is 15.1 Å². The van der Waals surface area contributed by atoms with E-state index in [0.717, 1.165) is 24.9 Å². The Morgan fingerprint density at radius 1 is 1.04 bits per heavy atom. The minimum Gasteiger partial charge on any atom is -0.357 e. The smallest absolute Gasteiger partial charge is 0.193 e. The molecule has 134 valence electrons. The quantitative estimate of drug-likeness (QED) is 0.312. The van der Waals surface area contributed by atoms with Gasteiger partial charge in [-0.3, -0.25) is 4.99 Å². The topological polar surface area (TPSA) is 30.9 Å². The number of guanidine groups is 1. The van der Waals surface area contributed by atoms with Crippen molar-refractivity contribution < 1.29 is 0 Å². The van der Waals surface area contributed by atoms with Crippen LogP contribution >= 0.6 is 24.0 Å². The number of nitrogens with one attached hydrogen (secondary N) is 1. The Labute approximate surface area is 159 Å². The van der Waals surface area contributed by atoms with Crippen LogP contribution in [0, 0.1) is 11.8 Å². The third-order valence-electron chi connectivity index (χ3n) is 5.70. The fourth-order valence-corrected chi connectivity index (χ4v) is 4.49. The average molecular weight is 434 g/mol. The molecule has 2 unspecified atom stereocenters. The first-order chi connectivity index (χ1) is 10.9. The van der Waals surface area contributed by atoms with Crippen molar-refractivity contribution in [2.24, 2.45) is 16.8 Å². The van der Waals surface area contributed by atoms with Crippen LogP contribution in [0.15, 0.2) is 4.99 Å².